The van der Waals surface area contributed by atoms with Gasteiger partial charge in [-0.2, -0.15) is 4.36 Å². The van der Waals surface area contributed by atoms with E-state index in [0.29, 0.717) is 34.3 Å². The second kappa shape index (κ2) is 6.18. The highest BCUT2D eigenvalue weighted by atomic mass is 32.2. The predicted octanol–water partition coefficient (Wildman–Crippen LogP) is 2.10. The molecule has 0 aliphatic rings. The van der Waals surface area contributed by atoms with Gasteiger partial charge in [0.15, 0.2) is 11.6 Å². The number of nitrogen functional groups attached to an aromatic ring is 1. The summed E-state index contributed by atoms with van der Waals surface area (Å²) in [4.78, 5) is 8.44. The Balaban J connectivity index is 2.52. The minimum absolute atomic E-state index is 0.314. The van der Waals surface area contributed by atoms with Crippen LogP contribution in [-0.4, -0.2) is 40.9 Å². The molecular formula is C14H18N4O3S. The van der Waals surface area contributed by atoms with Crippen molar-refractivity contribution in [2.45, 2.75) is 0 Å². The largest absolute Gasteiger partial charge is 0.497 e. The molecular weight excluding hydrogens is 304 g/mol. The number of hydrogen-bond donors (Lipinski definition) is 1. The van der Waals surface area contributed by atoms with Crippen LogP contribution in [0.4, 0.5) is 11.5 Å². The van der Waals surface area contributed by atoms with Gasteiger partial charge in [0.2, 0.25) is 0 Å². The molecule has 1 heterocycles. The van der Waals surface area contributed by atoms with Gasteiger partial charge in [-0.05, 0) is 6.07 Å². The highest BCUT2D eigenvalue weighted by molar-refractivity contribution is 7.92. The zero-order valence-corrected chi connectivity index (χ0v) is 13.7. The van der Waals surface area contributed by atoms with Gasteiger partial charge in [-0.1, -0.05) is 0 Å². The first-order valence-electron chi connectivity index (χ1n) is 6.35. The molecule has 0 unspecified atom stereocenters. The van der Waals surface area contributed by atoms with Gasteiger partial charge in [0, 0.05) is 33.9 Å². The summed E-state index contributed by atoms with van der Waals surface area (Å²) in [6.45, 7) is 0. The zero-order chi connectivity index (χ0) is 16.3. The Morgan fingerprint density at radius 1 is 1.14 bits per heavy atom. The molecule has 2 N–H and O–H groups in total. The van der Waals surface area contributed by atoms with Crippen LogP contribution in [0.3, 0.4) is 0 Å². The van der Waals surface area contributed by atoms with E-state index in [4.69, 9.17) is 15.2 Å². The lowest BCUT2D eigenvalue weighted by Crippen LogP contribution is -1.98. The molecule has 22 heavy (non-hydrogen) atoms. The minimum Gasteiger partial charge on any atom is -0.497 e. The molecule has 0 atom stereocenters. The Morgan fingerprint density at radius 2 is 1.86 bits per heavy atom. The summed E-state index contributed by atoms with van der Waals surface area (Å²) in [5.74, 6) is 1.40. The lowest BCUT2D eigenvalue weighted by Gasteiger charge is -2.12. The average Bonchev–Trinajstić information content (AvgIpc) is 2.45. The molecule has 8 heteroatoms. The molecule has 2 rings (SSSR count). The number of nitrogens with zero attached hydrogens (tertiary/aromatic N) is 3. The number of ether oxygens (including phenoxy) is 2. The molecule has 118 valence electrons. The Hall–Kier alpha value is -2.35. The number of methoxy groups -OCH3 is 2. The van der Waals surface area contributed by atoms with Gasteiger partial charge in [-0.3, -0.25) is 4.98 Å². The second-order valence-electron chi connectivity index (χ2n) is 4.83. The molecule has 0 aliphatic carbocycles. The maximum Gasteiger partial charge on any atom is 0.180 e. The number of nitrogens with two attached hydrogens (primary N) is 1. The van der Waals surface area contributed by atoms with Crippen LogP contribution in [0.2, 0.25) is 0 Å². The molecule has 0 saturated heterocycles. The van der Waals surface area contributed by atoms with E-state index in [1.54, 1.807) is 19.2 Å². The van der Waals surface area contributed by atoms with E-state index in [9.17, 15) is 4.21 Å². The van der Waals surface area contributed by atoms with Crippen LogP contribution in [0.25, 0.3) is 11.3 Å². The lowest BCUT2D eigenvalue weighted by atomic mass is 10.1. The topological polar surface area (TPSA) is 99.7 Å². The third-order valence-corrected chi connectivity index (χ3v) is 3.39. The molecule has 7 nitrogen and oxygen atoms in total. The van der Waals surface area contributed by atoms with Gasteiger partial charge in [0.1, 0.15) is 5.75 Å². The Bertz CT molecular complexity index is 788. The molecule has 0 amide bonds. The van der Waals surface area contributed by atoms with E-state index in [2.05, 4.69) is 14.3 Å². The number of anilines is 1. The summed E-state index contributed by atoms with van der Waals surface area (Å²) in [5.41, 5.74) is 7.61. The van der Waals surface area contributed by atoms with Crippen LogP contribution in [0.1, 0.15) is 0 Å². The van der Waals surface area contributed by atoms with Gasteiger partial charge in [0.25, 0.3) is 0 Å². The maximum atomic E-state index is 11.7. The van der Waals surface area contributed by atoms with E-state index < -0.39 is 9.73 Å². The average molecular weight is 322 g/mol. The lowest BCUT2D eigenvalue weighted by molar-refractivity contribution is 0.406. The normalized spacial score (nSPS) is 11.1. The zero-order valence-electron chi connectivity index (χ0n) is 12.9. The molecule has 0 aliphatic heterocycles. The first-order valence-corrected chi connectivity index (χ1v) is 8.68. The Kier molecular flexibility index (Phi) is 4.51. The summed E-state index contributed by atoms with van der Waals surface area (Å²) in [5, 5.41) is 0. The van der Waals surface area contributed by atoms with Crippen molar-refractivity contribution in [3.63, 3.8) is 0 Å². The van der Waals surface area contributed by atoms with Crippen molar-refractivity contribution in [3.8, 4) is 22.8 Å². The standard InChI is InChI=1S/C14H18N4O3S/c1-20-9-5-10(14(21-2)11(15)6-9)12-7-17-13(8-16-12)18-22(3,4)19/h5-8H,15H2,1-4H3. The van der Waals surface area contributed by atoms with Crippen molar-refractivity contribution in [3.05, 3.63) is 24.5 Å². The third kappa shape index (κ3) is 3.64. The first-order chi connectivity index (χ1) is 10.3. The molecule has 2 aromatic rings. The monoisotopic (exact) mass is 322 g/mol. The summed E-state index contributed by atoms with van der Waals surface area (Å²) in [7, 11) is 0.806. The molecule has 0 saturated carbocycles. The fraction of sp³-hybridized carbons (Fsp3) is 0.286. The van der Waals surface area contributed by atoms with Crippen LogP contribution in [0, 0.1) is 0 Å². The smallest absolute Gasteiger partial charge is 0.180 e. The summed E-state index contributed by atoms with van der Waals surface area (Å²) >= 11 is 0. The highest BCUT2D eigenvalue weighted by Crippen LogP contribution is 2.37. The van der Waals surface area contributed by atoms with Gasteiger partial charge >= 0.3 is 0 Å². The van der Waals surface area contributed by atoms with Crippen molar-refractivity contribution >= 4 is 21.2 Å². The van der Waals surface area contributed by atoms with Crippen molar-refractivity contribution in [1.29, 1.82) is 0 Å². The van der Waals surface area contributed by atoms with Crippen LogP contribution < -0.4 is 15.2 Å². The maximum absolute atomic E-state index is 11.7. The second-order valence-corrected chi connectivity index (χ2v) is 7.37. The highest BCUT2D eigenvalue weighted by Gasteiger charge is 2.13. The number of hydrogen-bond acceptors (Lipinski definition) is 7. The third-order valence-electron chi connectivity index (χ3n) is 2.76. The van der Waals surface area contributed by atoms with E-state index in [1.807, 2.05) is 0 Å². The van der Waals surface area contributed by atoms with Crippen LogP contribution in [0.5, 0.6) is 11.5 Å². The first kappa shape index (κ1) is 16.0. The predicted molar refractivity (Wildman–Crippen MR) is 87.1 cm³/mol. The Labute approximate surface area is 129 Å². The van der Waals surface area contributed by atoms with Gasteiger partial charge in [0.05, 0.1) is 38.0 Å². The molecule has 0 radical (unpaired) electrons. The summed E-state index contributed by atoms with van der Waals surface area (Å²) in [6, 6.07) is 3.43. The van der Waals surface area contributed by atoms with Gasteiger partial charge < -0.3 is 15.2 Å². The fourth-order valence-corrected chi connectivity index (χ4v) is 2.44. The summed E-state index contributed by atoms with van der Waals surface area (Å²) in [6.07, 6.45) is 6.06. The van der Waals surface area contributed by atoms with Gasteiger partial charge in [-0.25, -0.2) is 9.19 Å². The van der Waals surface area contributed by atoms with Crippen LogP contribution >= 0.6 is 0 Å². The molecule has 0 spiro atoms. The Morgan fingerprint density at radius 3 is 2.36 bits per heavy atom. The molecule has 1 aromatic heterocycles. The fourth-order valence-electron chi connectivity index (χ4n) is 1.89. The SMILES string of the molecule is COc1cc(N)c(OC)c(-c2cnc(N=S(C)(C)=O)cn2)c1. The van der Waals surface area contributed by atoms with Crippen LogP contribution in [0.15, 0.2) is 28.9 Å². The quantitative estimate of drug-likeness (QED) is 0.865. The van der Waals surface area contributed by atoms with E-state index in [0.717, 1.165) is 0 Å². The van der Waals surface area contributed by atoms with Crippen LogP contribution in [-0.2, 0) is 9.73 Å². The number of aromatic nitrogens is 2. The van der Waals surface area contributed by atoms with E-state index in [1.165, 1.54) is 32.0 Å². The van der Waals surface area contributed by atoms with Gasteiger partial charge in [-0.15, -0.1) is 0 Å². The number of benzene rings is 1. The molecule has 1 aromatic carbocycles. The summed E-state index contributed by atoms with van der Waals surface area (Å²) < 4.78 is 26.2. The molecule has 0 fully saturated rings. The van der Waals surface area contributed by atoms with E-state index >= 15 is 0 Å². The van der Waals surface area contributed by atoms with E-state index in [-0.39, 0.29) is 0 Å². The van der Waals surface area contributed by atoms with Crippen molar-refractivity contribution in [1.82, 2.24) is 9.97 Å². The number of rotatable bonds is 4. The van der Waals surface area contributed by atoms with Crippen molar-refractivity contribution in [2.75, 3.05) is 32.5 Å². The van der Waals surface area contributed by atoms with Crippen molar-refractivity contribution < 1.29 is 13.7 Å². The minimum atomic E-state index is -2.28. The molecule has 0 bridgehead atoms. The van der Waals surface area contributed by atoms with Crippen molar-refractivity contribution in [2.24, 2.45) is 4.36 Å².